The van der Waals surface area contributed by atoms with E-state index in [1.807, 2.05) is 36.4 Å². The van der Waals surface area contributed by atoms with Crippen molar-refractivity contribution in [2.24, 2.45) is 0 Å². The molecule has 2 heterocycles. The van der Waals surface area contributed by atoms with Crippen molar-refractivity contribution in [1.29, 1.82) is 0 Å². The van der Waals surface area contributed by atoms with Crippen LogP contribution in [-0.2, 0) is 40.1 Å². The molecule has 2 aromatic rings. The van der Waals surface area contributed by atoms with Gasteiger partial charge in [-0.15, -0.1) is 11.8 Å². The molecule has 2 aromatic carbocycles. The normalized spacial score (nSPS) is 16.1. The molecule has 0 unspecified atom stereocenters. The van der Waals surface area contributed by atoms with E-state index >= 15 is 0 Å². The third-order valence-corrected chi connectivity index (χ3v) is 11.7. The average molecular weight is 793 g/mol. The van der Waals surface area contributed by atoms with Crippen LogP contribution in [0.3, 0.4) is 0 Å². The van der Waals surface area contributed by atoms with Crippen molar-refractivity contribution in [1.82, 2.24) is 4.90 Å². The number of benzene rings is 2. The van der Waals surface area contributed by atoms with Gasteiger partial charge in [-0.3, -0.25) is 22.9 Å². The lowest BCUT2D eigenvalue weighted by Gasteiger charge is -2.39. The van der Waals surface area contributed by atoms with Gasteiger partial charge in [-0.05, 0) is 116 Å². The van der Waals surface area contributed by atoms with Crippen LogP contribution in [0.1, 0.15) is 86.9 Å². The Kier molecular flexibility index (Phi) is 20.1. The number of hydrogen-bond donors (Lipinski definition) is 1. The summed E-state index contributed by atoms with van der Waals surface area (Å²) >= 11 is 1.70. The number of ketones is 2. The molecule has 0 aliphatic carbocycles. The zero-order valence-electron chi connectivity index (χ0n) is 31.4. The van der Waals surface area contributed by atoms with Gasteiger partial charge in [0.1, 0.15) is 12.5 Å². The third-order valence-electron chi connectivity index (χ3n) is 8.96. The van der Waals surface area contributed by atoms with Gasteiger partial charge in [0.05, 0.1) is 32.8 Å². The second-order valence-electron chi connectivity index (χ2n) is 13.3. The first-order valence-corrected chi connectivity index (χ1v) is 22.6. The number of nitrogens with one attached hydrogen (secondary N) is 1. The molecule has 0 spiro atoms. The van der Waals surface area contributed by atoms with E-state index in [9.17, 15) is 35.5 Å². The third kappa shape index (κ3) is 16.8. The Morgan fingerprint density at radius 3 is 1.51 bits per heavy atom. The number of rotatable bonds is 10. The summed E-state index contributed by atoms with van der Waals surface area (Å²) in [5, 5.41) is 0. The van der Waals surface area contributed by atoms with Crippen molar-refractivity contribution in [3.63, 3.8) is 0 Å². The monoisotopic (exact) mass is 792 g/mol. The van der Waals surface area contributed by atoms with Gasteiger partial charge in [0.25, 0.3) is 0 Å². The van der Waals surface area contributed by atoms with E-state index in [0.717, 1.165) is 51.5 Å². The summed E-state index contributed by atoms with van der Waals surface area (Å²) in [5.41, 5.74) is 0.999. The highest BCUT2D eigenvalue weighted by atomic mass is 32.3. The summed E-state index contributed by atoms with van der Waals surface area (Å²) in [7, 11) is -6.95. The molecule has 16 heteroatoms. The van der Waals surface area contributed by atoms with Crippen LogP contribution in [0.2, 0.25) is 0 Å². The molecular weight excluding hydrogens is 737 g/mol. The number of likely N-dealkylation sites (tertiary alicyclic amines) is 2. The molecule has 0 atom stereocenters. The quantitative estimate of drug-likeness (QED) is 0.121. The fourth-order valence-corrected chi connectivity index (χ4v) is 6.78. The van der Waals surface area contributed by atoms with Gasteiger partial charge >= 0.3 is 0 Å². The largest absolute Gasteiger partial charge is 0.726 e. The molecule has 4 rings (SSSR count). The highest BCUT2D eigenvalue weighted by Gasteiger charge is 2.40. The van der Waals surface area contributed by atoms with E-state index in [2.05, 4.69) is 71.9 Å². The van der Waals surface area contributed by atoms with Crippen LogP contribution in [0, 0.1) is 0 Å². The van der Waals surface area contributed by atoms with Crippen molar-refractivity contribution < 1.29 is 48.8 Å². The molecule has 0 amide bonds. The molecule has 0 bridgehead atoms. The Morgan fingerprint density at radius 2 is 1.12 bits per heavy atom. The van der Waals surface area contributed by atoms with E-state index < -0.39 is 20.8 Å². The van der Waals surface area contributed by atoms with Gasteiger partial charge in [0.15, 0.2) is 16.2 Å². The first-order valence-electron chi connectivity index (χ1n) is 16.6. The van der Waals surface area contributed by atoms with E-state index in [4.69, 9.17) is 0 Å². The molecule has 2 fully saturated rings. The highest BCUT2D eigenvalue weighted by molar-refractivity contribution is 7.98. The molecule has 2 aliphatic rings. The van der Waals surface area contributed by atoms with E-state index in [1.54, 1.807) is 11.8 Å². The molecule has 0 aromatic heterocycles. The van der Waals surface area contributed by atoms with Crippen LogP contribution in [0.4, 0.5) is 0 Å². The topological polar surface area (TPSA) is 175 Å². The summed E-state index contributed by atoms with van der Waals surface area (Å²) in [6, 6.07) is 16.2. The summed E-state index contributed by atoms with van der Waals surface area (Å²) in [4.78, 5) is 31.9. The highest BCUT2D eigenvalue weighted by Crippen LogP contribution is 2.26. The van der Waals surface area contributed by atoms with Crippen molar-refractivity contribution in [2.75, 3.05) is 59.2 Å². The Morgan fingerprint density at radius 1 is 0.725 bits per heavy atom. The molecule has 12 nitrogen and oxygen atoms in total. The maximum absolute atomic E-state index is 12.8. The lowest BCUT2D eigenvalue weighted by molar-refractivity contribution is -0.941. The number of piperidine rings is 2. The number of quaternary nitrogens is 1. The zero-order chi connectivity index (χ0) is 39.0. The predicted molar refractivity (Wildman–Crippen MR) is 202 cm³/mol. The van der Waals surface area contributed by atoms with Crippen LogP contribution >= 0.6 is 11.8 Å². The fraction of sp³-hybridized carbons (Fsp3) is 0.600. The summed E-state index contributed by atoms with van der Waals surface area (Å²) in [6.45, 7) is 12.7. The number of nitrogens with zero attached hydrogens (tertiary/aromatic N) is 1. The second kappa shape index (κ2) is 21.7. The summed E-state index contributed by atoms with van der Waals surface area (Å²) in [6.07, 6.45) is 14.0. The SMILES string of the molecule is COS(=O)(=O)[O-].COS(=O)(=O)[O-].CSc1ccc(C(=O)C(C)(C)N2CCCCC2)cc1.C[S+](C)c1ccc(C(=O)C(C)(C)[NH+]2CCCCC2)cc1. The molecule has 1 N–H and O–H groups in total. The molecule has 290 valence electrons. The number of hydrogen-bond acceptors (Lipinski definition) is 12. The maximum Gasteiger partial charge on any atom is 0.222 e. The van der Waals surface area contributed by atoms with E-state index in [-0.39, 0.29) is 33.5 Å². The number of carbonyl (C=O) groups is 2. The Hall–Kier alpha value is -1.86. The molecule has 51 heavy (non-hydrogen) atoms. The minimum absolute atomic E-state index is 0.238. The van der Waals surface area contributed by atoms with Crippen molar-refractivity contribution >= 4 is 55.0 Å². The van der Waals surface area contributed by atoms with Gasteiger partial charge in [-0.2, -0.15) is 0 Å². The first-order chi connectivity index (χ1) is 23.6. The molecule has 2 aliphatic heterocycles. The standard InChI is InChI=1S/C17H26NOS.C16H23NOS.2CH4O4S/c1-17(2,18-12-6-5-7-13-18)16(19)14-8-10-15(11-9-14)20(3)4;1-16(2,17-11-5-4-6-12-17)15(18)13-7-9-14(19-3)10-8-13;2*1-5-6(2,3)4/h8-11H,5-7,12-13H2,1-4H3;7-10H,4-6,11-12H2,1-3H3;2*1H3,(H,2,3,4)/q+1;;;/p-1. The van der Waals surface area contributed by atoms with Crippen molar-refractivity contribution in [3.8, 4) is 0 Å². The molecule has 2 saturated heterocycles. The Bertz CT molecular complexity index is 1540. The van der Waals surface area contributed by atoms with Gasteiger partial charge in [0, 0.05) is 26.9 Å². The second-order valence-corrected chi connectivity index (χ2v) is 18.6. The summed E-state index contributed by atoms with van der Waals surface area (Å²) in [5.74, 6) is 0.523. The minimum Gasteiger partial charge on any atom is -0.726 e. The number of thioether (sulfide) groups is 1. The van der Waals surface area contributed by atoms with Crippen molar-refractivity contribution in [2.45, 2.75) is 87.1 Å². The predicted octanol–water partition coefficient (Wildman–Crippen LogP) is 4.00. The van der Waals surface area contributed by atoms with E-state index in [1.165, 1.54) is 53.2 Å². The molecule has 0 saturated carbocycles. The van der Waals surface area contributed by atoms with Gasteiger partial charge in [-0.1, -0.05) is 18.6 Å². The fourth-order valence-electron chi connectivity index (χ4n) is 5.70. The van der Waals surface area contributed by atoms with E-state index in [0.29, 0.717) is 0 Å². The Balaban J connectivity index is 0.000000389. The van der Waals surface area contributed by atoms with Crippen LogP contribution in [0.15, 0.2) is 58.3 Å². The van der Waals surface area contributed by atoms with Crippen LogP contribution in [0.5, 0.6) is 0 Å². The summed E-state index contributed by atoms with van der Waals surface area (Å²) < 4.78 is 62.0. The molecule has 0 radical (unpaired) electrons. The van der Waals surface area contributed by atoms with Gasteiger partial charge in [-0.25, -0.2) is 16.8 Å². The van der Waals surface area contributed by atoms with Crippen LogP contribution < -0.4 is 4.90 Å². The lowest BCUT2D eigenvalue weighted by Crippen LogP contribution is -3.21. The van der Waals surface area contributed by atoms with Gasteiger partial charge in [0.2, 0.25) is 26.6 Å². The number of carbonyl (C=O) groups excluding carboxylic acids is 2. The van der Waals surface area contributed by atoms with Crippen LogP contribution in [-0.4, -0.2) is 113 Å². The number of Topliss-reactive ketones (excluding diaryl/α,β-unsaturated/α-hetero) is 2. The molecular formula is C35H56N2O10S4. The van der Waals surface area contributed by atoms with Crippen molar-refractivity contribution in [3.05, 3.63) is 59.7 Å². The van der Waals surface area contributed by atoms with Gasteiger partial charge < -0.3 is 14.0 Å². The van der Waals surface area contributed by atoms with Crippen LogP contribution in [0.25, 0.3) is 0 Å². The average Bonchev–Trinajstić information content (AvgIpc) is 3.12. The maximum atomic E-state index is 12.8. The Labute approximate surface area is 313 Å². The smallest absolute Gasteiger partial charge is 0.222 e. The lowest BCUT2D eigenvalue weighted by atomic mass is 9.89. The zero-order valence-corrected chi connectivity index (χ0v) is 34.6. The first kappa shape index (κ1) is 47.2. The minimum atomic E-state index is -4.41.